The van der Waals surface area contributed by atoms with Crippen molar-refractivity contribution in [2.45, 2.75) is 26.3 Å². The molecular weight excluding hydrogens is 202 g/mol. The zero-order valence-electron chi connectivity index (χ0n) is 10.3. The lowest BCUT2D eigenvalue weighted by Gasteiger charge is -2.20. The Morgan fingerprint density at radius 1 is 1.25 bits per heavy atom. The van der Waals surface area contributed by atoms with E-state index in [1.807, 2.05) is 26.0 Å². The fourth-order valence-corrected chi connectivity index (χ4v) is 1.90. The number of likely N-dealkylation sites (N-methyl/N-ethyl adjacent to an activating group) is 1. The Hall–Kier alpha value is -1.35. The van der Waals surface area contributed by atoms with Crippen LogP contribution in [-0.2, 0) is 11.2 Å². The largest absolute Gasteiger partial charge is 0.480 e. The Kier molecular flexibility index (Phi) is 4.07. The van der Waals surface area contributed by atoms with Crippen LogP contribution in [0.3, 0.4) is 0 Å². The third kappa shape index (κ3) is 3.35. The van der Waals surface area contributed by atoms with Crippen LogP contribution < -0.4 is 0 Å². The molecule has 0 bridgehead atoms. The van der Waals surface area contributed by atoms with E-state index >= 15 is 0 Å². The summed E-state index contributed by atoms with van der Waals surface area (Å²) in [5.74, 6) is -0.774. The summed E-state index contributed by atoms with van der Waals surface area (Å²) in [7, 11) is 3.59. The molecule has 0 radical (unpaired) electrons. The number of hydrogen-bond donors (Lipinski definition) is 1. The molecule has 0 aliphatic rings. The Bertz CT molecular complexity index is 365. The highest BCUT2D eigenvalue weighted by Gasteiger charge is 2.20. The number of benzene rings is 1. The van der Waals surface area contributed by atoms with Crippen LogP contribution in [0.4, 0.5) is 0 Å². The molecule has 0 unspecified atom stereocenters. The van der Waals surface area contributed by atoms with Gasteiger partial charge < -0.3 is 5.11 Å². The lowest BCUT2D eigenvalue weighted by molar-refractivity contribution is -0.142. The van der Waals surface area contributed by atoms with Crippen LogP contribution in [0, 0.1) is 13.8 Å². The van der Waals surface area contributed by atoms with Gasteiger partial charge in [-0.15, -0.1) is 0 Å². The molecule has 1 aromatic rings. The molecule has 1 atom stereocenters. The summed E-state index contributed by atoms with van der Waals surface area (Å²) >= 11 is 0. The predicted octanol–water partition coefficient (Wildman–Crippen LogP) is 1.86. The number of aliphatic carboxylic acids is 1. The lowest BCUT2D eigenvalue weighted by Crippen LogP contribution is -2.37. The average molecular weight is 221 g/mol. The van der Waals surface area contributed by atoms with Crippen LogP contribution in [0.25, 0.3) is 0 Å². The maximum atomic E-state index is 11.1. The summed E-state index contributed by atoms with van der Waals surface area (Å²) in [5.41, 5.74) is 3.44. The minimum absolute atomic E-state index is 0.457. The highest BCUT2D eigenvalue weighted by Crippen LogP contribution is 2.12. The summed E-state index contributed by atoms with van der Waals surface area (Å²) in [6.07, 6.45) is 0.546. The first-order chi connectivity index (χ1) is 7.40. The number of carboxylic acid groups (broad SMARTS) is 1. The maximum absolute atomic E-state index is 11.1. The molecule has 0 aliphatic carbocycles. The fraction of sp³-hybridized carbons (Fsp3) is 0.462. The Morgan fingerprint density at radius 3 is 2.12 bits per heavy atom. The third-order valence-corrected chi connectivity index (χ3v) is 2.62. The van der Waals surface area contributed by atoms with Crippen molar-refractivity contribution in [1.82, 2.24) is 4.90 Å². The van der Waals surface area contributed by atoms with Gasteiger partial charge in [0.2, 0.25) is 0 Å². The molecule has 3 heteroatoms. The molecule has 0 saturated carbocycles. The maximum Gasteiger partial charge on any atom is 0.321 e. The van der Waals surface area contributed by atoms with E-state index < -0.39 is 12.0 Å². The highest BCUT2D eigenvalue weighted by molar-refractivity contribution is 5.73. The summed E-state index contributed by atoms with van der Waals surface area (Å²) < 4.78 is 0. The SMILES string of the molecule is Cc1cc(C)cc(C[C@H](C(=O)O)N(C)C)c1. The van der Waals surface area contributed by atoms with Gasteiger partial charge in [-0.25, -0.2) is 0 Å². The van der Waals surface area contributed by atoms with Gasteiger partial charge in [0.1, 0.15) is 6.04 Å². The number of carbonyl (C=O) groups is 1. The van der Waals surface area contributed by atoms with Gasteiger partial charge >= 0.3 is 5.97 Å². The van der Waals surface area contributed by atoms with Gasteiger partial charge in [0, 0.05) is 0 Å². The Morgan fingerprint density at radius 2 is 1.75 bits per heavy atom. The molecule has 0 fully saturated rings. The van der Waals surface area contributed by atoms with Gasteiger partial charge in [-0.2, -0.15) is 0 Å². The first-order valence-corrected chi connectivity index (χ1v) is 5.36. The molecule has 0 spiro atoms. The standard InChI is InChI=1S/C13H19NO2/c1-9-5-10(2)7-11(6-9)8-12(13(15)16)14(3)4/h5-7,12H,8H2,1-4H3,(H,15,16)/t12-/m1/s1. The molecule has 16 heavy (non-hydrogen) atoms. The van der Waals surface area contributed by atoms with Gasteiger partial charge in [-0.1, -0.05) is 29.3 Å². The number of hydrogen-bond acceptors (Lipinski definition) is 2. The van der Waals surface area contributed by atoms with Crippen molar-refractivity contribution in [2.24, 2.45) is 0 Å². The molecule has 0 heterocycles. The predicted molar refractivity (Wildman–Crippen MR) is 64.7 cm³/mol. The number of nitrogens with zero attached hydrogens (tertiary/aromatic N) is 1. The molecule has 88 valence electrons. The number of rotatable bonds is 4. The van der Waals surface area contributed by atoms with Crippen molar-refractivity contribution in [3.63, 3.8) is 0 Å². The molecule has 0 saturated heterocycles. The fourth-order valence-electron chi connectivity index (χ4n) is 1.90. The van der Waals surface area contributed by atoms with Gasteiger partial charge in [-0.05, 0) is 39.9 Å². The average Bonchev–Trinajstić information content (AvgIpc) is 2.11. The van der Waals surface area contributed by atoms with Crippen molar-refractivity contribution < 1.29 is 9.90 Å². The van der Waals surface area contributed by atoms with Gasteiger partial charge in [0.15, 0.2) is 0 Å². The van der Waals surface area contributed by atoms with Gasteiger partial charge in [0.05, 0.1) is 0 Å². The van der Waals surface area contributed by atoms with Gasteiger partial charge in [-0.3, -0.25) is 9.69 Å². The summed E-state index contributed by atoms with van der Waals surface area (Å²) in [6.45, 7) is 4.06. The van der Waals surface area contributed by atoms with Crippen molar-refractivity contribution in [1.29, 1.82) is 0 Å². The van der Waals surface area contributed by atoms with E-state index in [0.29, 0.717) is 6.42 Å². The van der Waals surface area contributed by atoms with Gasteiger partial charge in [0.25, 0.3) is 0 Å². The van der Waals surface area contributed by atoms with Crippen LogP contribution in [-0.4, -0.2) is 36.1 Å². The monoisotopic (exact) mass is 221 g/mol. The summed E-state index contributed by atoms with van der Waals surface area (Å²) in [4.78, 5) is 12.8. The topological polar surface area (TPSA) is 40.5 Å². The van der Waals surface area contributed by atoms with E-state index in [4.69, 9.17) is 5.11 Å². The van der Waals surface area contributed by atoms with E-state index in [1.54, 1.807) is 19.0 Å². The van der Waals surface area contributed by atoms with Crippen molar-refractivity contribution >= 4 is 5.97 Å². The van der Waals surface area contributed by atoms with E-state index in [9.17, 15) is 4.79 Å². The first-order valence-electron chi connectivity index (χ1n) is 5.36. The Balaban J connectivity index is 2.89. The van der Waals surface area contributed by atoms with Crippen LogP contribution >= 0.6 is 0 Å². The van der Waals surface area contributed by atoms with Crippen molar-refractivity contribution in [3.8, 4) is 0 Å². The normalized spacial score (nSPS) is 12.8. The molecule has 0 aliphatic heterocycles. The van der Waals surface area contributed by atoms with Crippen LogP contribution in [0.2, 0.25) is 0 Å². The smallest absolute Gasteiger partial charge is 0.321 e. The third-order valence-electron chi connectivity index (χ3n) is 2.62. The molecule has 1 N–H and O–H groups in total. The molecule has 0 aromatic heterocycles. The summed E-state index contributed by atoms with van der Waals surface area (Å²) in [5, 5.41) is 9.10. The molecule has 0 amide bonds. The quantitative estimate of drug-likeness (QED) is 0.843. The highest BCUT2D eigenvalue weighted by atomic mass is 16.4. The van der Waals surface area contributed by atoms with Crippen molar-refractivity contribution in [3.05, 3.63) is 34.9 Å². The minimum atomic E-state index is -0.774. The number of carboxylic acids is 1. The van der Waals surface area contributed by atoms with E-state index in [0.717, 1.165) is 5.56 Å². The molecule has 1 aromatic carbocycles. The second-order valence-electron chi connectivity index (χ2n) is 4.52. The zero-order valence-corrected chi connectivity index (χ0v) is 10.3. The number of aryl methyl sites for hydroxylation is 2. The lowest BCUT2D eigenvalue weighted by atomic mass is 10.0. The molecular formula is C13H19NO2. The minimum Gasteiger partial charge on any atom is -0.480 e. The Labute approximate surface area is 96.7 Å². The van der Waals surface area contributed by atoms with E-state index in [-0.39, 0.29) is 0 Å². The second-order valence-corrected chi connectivity index (χ2v) is 4.52. The van der Waals surface area contributed by atoms with Crippen LogP contribution in [0.15, 0.2) is 18.2 Å². The molecule has 3 nitrogen and oxygen atoms in total. The van der Waals surface area contributed by atoms with Crippen LogP contribution in [0.1, 0.15) is 16.7 Å². The van der Waals surface area contributed by atoms with E-state index in [1.165, 1.54) is 11.1 Å². The first kappa shape index (κ1) is 12.7. The summed E-state index contributed by atoms with van der Waals surface area (Å²) in [6, 6.07) is 5.73. The van der Waals surface area contributed by atoms with E-state index in [2.05, 4.69) is 6.07 Å². The molecule has 1 rings (SSSR count). The van der Waals surface area contributed by atoms with Crippen LogP contribution in [0.5, 0.6) is 0 Å². The van der Waals surface area contributed by atoms with Crippen molar-refractivity contribution in [2.75, 3.05) is 14.1 Å². The zero-order chi connectivity index (χ0) is 12.3. The second kappa shape index (κ2) is 5.12.